The molecule has 3 rings (SSSR count). The van der Waals surface area contributed by atoms with Crippen molar-refractivity contribution in [3.63, 3.8) is 0 Å². The van der Waals surface area contributed by atoms with E-state index in [1.807, 2.05) is 29.9 Å². The number of methoxy groups -OCH3 is 1. The molecule has 0 radical (unpaired) electrons. The number of aliphatic hydroxyl groups excluding tert-OH is 1. The van der Waals surface area contributed by atoms with Crippen LogP contribution in [0.5, 0.6) is 5.75 Å². The van der Waals surface area contributed by atoms with Gasteiger partial charge in [0.1, 0.15) is 17.7 Å². The third kappa shape index (κ3) is 3.57. The molecule has 1 aliphatic rings. The molecular weight excluding hydrogens is 290 g/mol. The predicted molar refractivity (Wildman–Crippen MR) is 89.2 cm³/mol. The molecule has 2 aromatic rings. The molecule has 0 bridgehead atoms. The molecule has 1 saturated heterocycles. The van der Waals surface area contributed by atoms with Crippen LogP contribution >= 0.6 is 0 Å². The van der Waals surface area contributed by atoms with Gasteiger partial charge >= 0.3 is 0 Å². The van der Waals surface area contributed by atoms with Crippen molar-refractivity contribution < 1.29 is 9.84 Å². The van der Waals surface area contributed by atoms with Crippen LogP contribution in [-0.2, 0) is 13.6 Å². The third-order valence-electron chi connectivity index (χ3n) is 4.79. The maximum Gasteiger partial charge on any atom is 0.137 e. The summed E-state index contributed by atoms with van der Waals surface area (Å²) >= 11 is 0. The Labute approximate surface area is 137 Å². The van der Waals surface area contributed by atoms with E-state index in [0.29, 0.717) is 0 Å². The van der Waals surface area contributed by atoms with E-state index in [2.05, 4.69) is 22.0 Å². The highest BCUT2D eigenvalue weighted by molar-refractivity contribution is 5.33. The maximum atomic E-state index is 10.6. The lowest BCUT2D eigenvalue weighted by atomic mass is 9.90. The number of aliphatic hydroxyl groups is 1. The van der Waals surface area contributed by atoms with Gasteiger partial charge in [0.15, 0.2) is 0 Å². The van der Waals surface area contributed by atoms with Crippen LogP contribution < -0.4 is 4.74 Å². The monoisotopic (exact) mass is 315 g/mol. The molecule has 1 N–H and O–H groups in total. The Bertz CT molecular complexity index is 633. The number of imidazole rings is 1. The van der Waals surface area contributed by atoms with Crippen molar-refractivity contribution in [2.45, 2.75) is 25.5 Å². The van der Waals surface area contributed by atoms with E-state index in [0.717, 1.165) is 44.0 Å². The summed E-state index contributed by atoms with van der Waals surface area (Å²) in [5.74, 6) is 2.00. The van der Waals surface area contributed by atoms with Crippen molar-refractivity contribution in [1.82, 2.24) is 14.5 Å². The number of para-hydroxylation sites is 1. The molecule has 0 saturated carbocycles. The van der Waals surface area contributed by atoms with Gasteiger partial charge in [-0.25, -0.2) is 4.98 Å². The second kappa shape index (κ2) is 7.15. The molecular formula is C18H25N3O2. The van der Waals surface area contributed by atoms with Crippen molar-refractivity contribution in [3.05, 3.63) is 48.0 Å². The average Bonchev–Trinajstić information content (AvgIpc) is 3.01. The highest BCUT2D eigenvalue weighted by Crippen LogP contribution is 2.31. The summed E-state index contributed by atoms with van der Waals surface area (Å²) in [5, 5.41) is 10.6. The third-order valence-corrected chi connectivity index (χ3v) is 4.79. The topological polar surface area (TPSA) is 50.5 Å². The lowest BCUT2D eigenvalue weighted by Crippen LogP contribution is -2.35. The van der Waals surface area contributed by atoms with Gasteiger partial charge in [-0.2, -0.15) is 0 Å². The van der Waals surface area contributed by atoms with E-state index in [9.17, 15) is 5.11 Å². The highest BCUT2D eigenvalue weighted by Gasteiger charge is 2.28. The van der Waals surface area contributed by atoms with Crippen LogP contribution in [0, 0.1) is 5.92 Å². The molecule has 0 amide bonds. The van der Waals surface area contributed by atoms with E-state index >= 15 is 0 Å². The number of likely N-dealkylation sites (tertiary alicyclic amines) is 1. The Morgan fingerprint density at radius 2 is 2.04 bits per heavy atom. The number of nitrogens with zero attached hydrogens (tertiary/aromatic N) is 3. The largest absolute Gasteiger partial charge is 0.496 e. The zero-order valence-electron chi connectivity index (χ0n) is 13.9. The molecule has 1 fully saturated rings. The molecule has 1 aliphatic heterocycles. The van der Waals surface area contributed by atoms with E-state index in [1.165, 1.54) is 5.56 Å². The maximum absolute atomic E-state index is 10.6. The van der Waals surface area contributed by atoms with Gasteiger partial charge in [-0.15, -0.1) is 0 Å². The number of ether oxygens (including phenoxy) is 1. The van der Waals surface area contributed by atoms with Gasteiger partial charge in [-0.3, -0.25) is 4.90 Å². The Morgan fingerprint density at radius 1 is 1.30 bits per heavy atom. The average molecular weight is 315 g/mol. The van der Waals surface area contributed by atoms with Crippen molar-refractivity contribution >= 4 is 0 Å². The summed E-state index contributed by atoms with van der Waals surface area (Å²) in [6.45, 7) is 2.88. The summed E-state index contributed by atoms with van der Waals surface area (Å²) in [6, 6.07) is 8.17. The lowest BCUT2D eigenvalue weighted by molar-refractivity contribution is 0.0490. The first-order valence-electron chi connectivity index (χ1n) is 8.18. The standard InChI is InChI=1S/C18H25N3O2/c1-20-12-9-19-18(20)17(22)14-7-10-21(11-8-14)13-15-5-3-4-6-16(15)23-2/h3-6,9,12,14,17,22H,7-8,10-11,13H2,1-2H3. The molecule has 1 aromatic heterocycles. The smallest absolute Gasteiger partial charge is 0.137 e. The Kier molecular flexibility index (Phi) is 4.98. The van der Waals surface area contributed by atoms with Crippen LogP contribution in [0.1, 0.15) is 30.3 Å². The fourth-order valence-corrected chi connectivity index (χ4v) is 3.37. The molecule has 5 nitrogen and oxygen atoms in total. The van der Waals surface area contributed by atoms with E-state index < -0.39 is 6.10 Å². The van der Waals surface area contributed by atoms with Crippen LogP contribution in [-0.4, -0.2) is 39.8 Å². The fraction of sp³-hybridized carbons (Fsp3) is 0.500. The van der Waals surface area contributed by atoms with Crippen molar-refractivity contribution in [1.29, 1.82) is 0 Å². The normalized spacial score (nSPS) is 18.0. The molecule has 5 heteroatoms. The van der Waals surface area contributed by atoms with Crippen molar-refractivity contribution in [2.24, 2.45) is 13.0 Å². The molecule has 0 spiro atoms. The predicted octanol–water partition coefficient (Wildman–Crippen LogP) is 2.37. The van der Waals surface area contributed by atoms with Gasteiger partial charge in [-0.05, 0) is 37.9 Å². The van der Waals surface area contributed by atoms with E-state index in [-0.39, 0.29) is 5.92 Å². The zero-order valence-corrected chi connectivity index (χ0v) is 13.9. The summed E-state index contributed by atoms with van der Waals surface area (Å²) in [5.41, 5.74) is 1.22. The van der Waals surface area contributed by atoms with Crippen LogP contribution in [0.15, 0.2) is 36.7 Å². The SMILES string of the molecule is COc1ccccc1CN1CCC(C(O)c2nccn2C)CC1. The molecule has 23 heavy (non-hydrogen) atoms. The van der Waals surface area contributed by atoms with Crippen LogP contribution in [0.2, 0.25) is 0 Å². The number of hydrogen-bond acceptors (Lipinski definition) is 4. The van der Waals surface area contributed by atoms with E-state index in [4.69, 9.17) is 4.74 Å². The van der Waals surface area contributed by atoms with Crippen molar-refractivity contribution in [2.75, 3.05) is 20.2 Å². The van der Waals surface area contributed by atoms with Crippen LogP contribution in [0.25, 0.3) is 0 Å². The summed E-state index contributed by atoms with van der Waals surface area (Å²) < 4.78 is 7.34. The summed E-state index contributed by atoms with van der Waals surface area (Å²) in [7, 11) is 3.65. The van der Waals surface area contributed by atoms with Crippen molar-refractivity contribution in [3.8, 4) is 5.75 Å². The van der Waals surface area contributed by atoms with Gasteiger partial charge in [0, 0.05) is 31.5 Å². The Hall–Kier alpha value is -1.85. The minimum Gasteiger partial charge on any atom is -0.496 e. The molecule has 124 valence electrons. The number of piperidine rings is 1. The Morgan fingerprint density at radius 3 is 2.70 bits per heavy atom. The minimum atomic E-state index is -0.469. The molecule has 1 atom stereocenters. The van der Waals surface area contributed by atoms with Gasteiger partial charge in [0.2, 0.25) is 0 Å². The number of benzene rings is 1. The second-order valence-corrected chi connectivity index (χ2v) is 6.27. The quantitative estimate of drug-likeness (QED) is 0.920. The summed E-state index contributed by atoms with van der Waals surface area (Å²) in [6.07, 6.45) is 5.14. The Balaban J connectivity index is 1.57. The fourth-order valence-electron chi connectivity index (χ4n) is 3.37. The number of rotatable bonds is 5. The van der Waals surface area contributed by atoms with E-state index in [1.54, 1.807) is 13.3 Å². The first kappa shape index (κ1) is 16.0. The van der Waals surface area contributed by atoms with Gasteiger partial charge in [0.05, 0.1) is 7.11 Å². The minimum absolute atomic E-state index is 0.282. The summed E-state index contributed by atoms with van der Waals surface area (Å²) in [4.78, 5) is 6.71. The van der Waals surface area contributed by atoms with Gasteiger partial charge in [-0.1, -0.05) is 18.2 Å². The molecule has 1 aromatic carbocycles. The van der Waals surface area contributed by atoms with Gasteiger partial charge in [0.25, 0.3) is 0 Å². The molecule has 0 aliphatic carbocycles. The lowest BCUT2D eigenvalue weighted by Gasteiger charge is -2.34. The first-order valence-corrected chi connectivity index (χ1v) is 8.18. The number of hydrogen-bond donors (Lipinski definition) is 1. The second-order valence-electron chi connectivity index (χ2n) is 6.27. The zero-order chi connectivity index (χ0) is 16.2. The van der Waals surface area contributed by atoms with Gasteiger partial charge < -0.3 is 14.4 Å². The number of aromatic nitrogens is 2. The van der Waals surface area contributed by atoms with Crippen LogP contribution in [0.3, 0.4) is 0 Å². The number of aryl methyl sites for hydroxylation is 1. The molecule has 2 heterocycles. The first-order chi connectivity index (χ1) is 11.2. The molecule has 1 unspecified atom stereocenters. The highest BCUT2D eigenvalue weighted by atomic mass is 16.5. The van der Waals surface area contributed by atoms with Crippen LogP contribution in [0.4, 0.5) is 0 Å².